The van der Waals surface area contributed by atoms with Crippen molar-refractivity contribution in [3.63, 3.8) is 0 Å². The summed E-state index contributed by atoms with van der Waals surface area (Å²) in [6.45, 7) is 1.87. The van der Waals surface area contributed by atoms with Crippen LogP contribution in [0.4, 0.5) is 17.2 Å². The van der Waals surface area contributed by atoms with Gasteiger partial charge in [-0.05, 0) is 24.6 Å². The highest BCUT2D eigenvalue weighted by Gasteiger charge is 2.16. The van der Waals surface area contributed by atoms with Crippen LogP contribution in [0.3, 0.4) is 0 Å². The van der Waals surface area contributed by atoms with Crippen LogP contribution in [0.25, 0.3) is 0 Å². The van der Waals surface area contributed by atoms with Gasteiger partial charge in [-0.15, -0.1) is 12.4 Å². The lowest BCUT2D eigenvalue weighted by molar-refractivity contribution is -0.670. The van der Waals surface area contributed by atoms with E-state index in [1.54, 1.807) is 29.0 Å². The Morgan fingerprint density at radius 1 is 1.32 bits per heavy atom. The molecule has 7 nitrogen and oxygen atoms in total. The summed E-state index contributed by atoms with van der Waals surface area (Å²) in [5.41, 5.74) is 6.77. The molecule has 0 spiro atoms. The molecular weight excluding hydrogens is 308 g/mol. The van der Waals surface area contributed by atoms with Crippen LogP contribution in [0.15, 0.2) is 42.6 Å². The van der Waals surface area contributed by atoms with Gasteiger partial charge < -0.3 is 5.32 Å². The quantitative estimate of drug-likeness (QED) is 0.509. The molecule has 1 heterocycles. The molecule has 116 valence electrons. The Bertz CT molecular complexity index is 706. The Kier molecular flexibility index (Phi) is 5.82. The molecular formula is C14H16ClN4O3+. The number of para-hydroxylation sites is 2. The van der Waals surface area contributed by atoms with Gasteiger partial charge in [0.25, 0.3) is 17.4 Å². The van der Waals surface area contributed by atoms with E-state index < -0.39 is 4.92 Å². The number of nitro benzene ring substituents is 1. The lowest BCUT2D eigenvalue weighted by atomic mass is 10.2. The van der Waals surface area contributed by atoms with Crippen LogP contribution in [-0.4, -0.2) is 10.8 Å². The summed E-state index contributed by atoms with van der Waals surface area (Å²) in [4.78, 5) is 22.4. The second kappa shape index (κ2) is 7.37. The number of nitrogens with zero attached hydrogens (tertiary/aromatic N) is 2. The predicted molar refractivity (Wildman–Crippen MR) is 84.8 cm³/mol. The fourth-order valence-corrected chi connectivity index (χ4v) is 1.90. The maximum Gasteiger partial charge on any atom is 0.292 e. The van der Waals surface area contributed by atoms with Crippen molar-refractivity contribution in [1.82, 2.24) is 0 Å². The number of nitrogen functional groups attached to an aromatic ring is 1. The van der Waals surface area contributed by atoms with Crippen molar-refractivity contribution in [2.75, 3.05) is 11.1 Å². The average Bonchev–Trinajstić information content (AvgIpc) is 2.43. The van der Waals surface area contributed by atoms with Crippen molar-refractivity contribution >= 4 is 35.5 Å². The molecule has 1 amide bonds. The lowest BCUT2D eigenvalue weighted by Gasteiger charge is -2.06. The van der Waals surface area contributed by atoms with Crippen molar-refractivity contribution in [3.8, 4) is 0 Å². The van der Waals surface area contributed by atoms with Gasteiger partial charge in [-0.1, -0.05) is 12.1 Å². The molecule has 0 saturated heterocycles. The first-order valence-corrected chi connectivity index (χ1v) is 6.26. The molecule has 22 heavy (non-hydrogen) atoms. The summed E-state index contributed by atoms with van der Waals surface area (Å²) >= 11 is 0. The second-order valence-electron chi connectivity index (χ2n) is 4.58. The minimum absolute atomic E-state index is 0. The van der Waals surface area contributed by atoms with Crippen molar-refractivity contribution in [2.24, 2.45) is 0 Å². The molecule has 0 saturated carbocycles. The van der Waals surface area contributed by atoms with Crippen molar-refractivity contribution < 1.29 is 14.3 Å². The zero-order valence-corrected chi connectivity index (χ0v) is 12.7. The van der Waals surface area contributed by atoms with Gasteiger partial charge in [0.05, 0.1) is 11.1 Å². The molecule has 8 heteroatoms. The number of hydrogen-bond donors (Lipinski definition) is 2. The van der Waals surface area contributed by atoms with E-state index in [0.717, 1.165) is 5.56 Å². The van der Waals surface area contributed by atoms with Gasteiger partial charge >= 0.3 is 0 Å². The van der Waals surface area contributed by atoms with Crippen LogP contribution in [0.2, 0.25) is 0 Å². The number of halogens is 1. The topological polar surface area (TPSA) is 102 Å². The zero-order valence-electron chi connectivity index (χ0n) is 11.9. The van der Waals surface area contributed by atoms with Gasteiger partial charge in [0.15, 0.2) is 6.54 Å². The van der Waals surface area contributed by atoms with Crippen LogP contribution in [0.5, 0.6) is 0 Å². The largest absolute Gasteiger partial charge is 0.317 e. The Labute approximate surface area is 133 Å². The third-order valence-electron chi connectivity index (χ3n) is 2.90. The summed E-state index contributed by atoms with van der Waals surface area (Å²) < 4.78 is 1.58. The minimum Gasteiger partial charge on any atom is -0.317 e. The fraction of sp³-hybridized carbons (Fsp3) is 0.143. The summed E-state index contributed by atoms with van der Waals surface area (Å²) in [7, 11) is 0. The molecule has 0 aliphatic rings. The average molecular weight is 324 g/mol. The van der Waals surface area contributed by atoms with E-state index in [1.165, 1.54) is 12.1 Å². The fourth-order valence-electron chi connectivity index (χ4n) is 1.90. The molecule has 0 radical (unpaired) electrons. The second-order valence-corrected chi connectivity index (χ2v) is 4.58. The first-order chi connectivity index (χ1) is 9.97. The van der Waals surface area contributed by atoms with E-state index in [2.05, 4.69) is 5.32 Å². The maximum absolute atomic E-state index is 12.0. The molecule has 0 aliphatic carbocycles. The number of carbonyl (C=O) groups excluding carboxylic acids is 1. The molecule has 0 bridgehead atoms. The first kappa shape index (κ1) is 17.4. The van der Waals surface area contributed by atoms with Crippen LogP contribution in [0, 0.1) is 17.0 Å². The normalized spacial score (nSPS) is 9.68. The standard InChI is InChI=1S/C14H14N4O3.ClH/c1-10-6-7-13(15)17(8-10)9-14(19)16-11-4-2-3-5-12(11)18(20)21;/h2-8,15H,9H2,1H3,(H,16,19);1H/p+1. The smallest absolute Gasteiger partial charge is 0.292 e. The lowest BCUT2D eigenvalue weighted by Crippen LogP contribution is -2.42. The monoisotopic (exact) mass is 323 g/mol. The van der Waals surface area contributed by atoms with Crippen molar-refractivity contribution in [3.05, 3.63) is 58.3 Å². The van der Waals surface area contributed by atoms with Gasteiger partial charge in [-0.3, -0.25) is 20.6 Å². The molecule has 0 unspecified atom stereocenters. The van der Waals surface area contributed by atoms with E-state index >= 15 is 0 Å². The predicted octanol–water partition coefficient (Wildman–Crippen LogP) is 1.83. The summed E-state index contributed by atoms with van der Waals surface area (Å²) in [6.07, 6.45) is 1.74. The zero-order chi connectivity index (χ0) is 15.4. The summed E-state index contributed by atoms with van der Waals surface area (Å²) in [5, 5.41) is 13.4. The highest BCUT2D eigenvalue weighted by molar-refractivity contribution is 5.92. The number of benzene rings is 1. The molecule has 0 fully saturated rings. The number of nitro groups is 1. The van der Waals surface area contributed by atoms with E-state index in [4.69, 9.17) is 5.73 Å². The van der Waals surface area contributed by atoms with Crippen LogP contribution in [-0.2, 0) is 11.3 Å². The van der Waals surface area contributed by atoms with Crippen LogP contribution >= 0.6 is 12.4 Å². The number of aryl methyl sites for hydroxylation is 1. The summed E-state index contributed by atoms with van der Waals surface area (Å²) in [6, 6.07) is 9.53. The number of anilines is 2. The highest BCUT2D eigenvalue weighted by Crippen LogP contribution is 2.22. The first-order valence-electron chi connectivity index (χ1n) is 6.26. The number of hydrogen-bond acceptors (Lipinski definition) is 4. The highest BCUT2D eigenvalue weighted by atomic mass is 35.5. The number of rotatable bonds is 4. The molecule has 1 aromatic carbocycles. The third-order valence-corrected chi connectivity index (χ3v) is 2.90. The number of nitrogens with one attached hydrogen (secondary N) is 1. The Balaban J connectivity index is 0.00000242. The number of nitrogens with two attached hydrogens (primary N) is 1. The van der Waals surface area contributed by atoms with Gasteiger partial charge in [-0.25, -0.2) is 4.57 Å². The van der Waals surface area contributed by atoms with Crippen molar-refractivity contribution in [2.45, 2.75) is 13.5 Å². The van der Waals surface area contributed by atoms with Gasteiger partial charge in [0, 0.05) is 12.1 Å². The van der Waals surface area contributed by atoms with Crippen molar-refractivity contribution in [1.29, 1.82) is 0 Å². The molecule has 1 aromatic heterocycles. The molecule has 2 rings (SSSR count). The number of pyridine rings is 1. The number of amides is 1. The number of aromatic nitrogens is 1. The Morgan fingerprint density at radius 3 is 2.68 bits per heavy atom. The molecule has 0 aliphatic heterocycles. The Hall–Kier alpha value is -2.67. The van der Waals surface area contributed by atoms with E-state index in [1.807, 2.05) is 13.0 Å². The minimum atomic E-state index is -0.538. The maximum atomic E-state index is 12.0. The van der Waals surface area contributed by atoms with Gasteiger partial charge in [-0.2, -0.15) is 0 Å². The number of carbonyl (C=O) groups is 1. The SMILES string of the molecule is Cc1ccc(N)[n+](CC(=O)Nc2ccccc2[N+](=O)[O-])c1.Cl. The van der Waals surface area contributed by atoms with E-state index in [0.29, 0.717) is 5.82 Å². The summed E-state index contributed by atoms with van der Waals surface area (Å²) in [5.74, 6) is 0.0601. The van der Waals surface area contributed by atoms with Crippen LogP contribution < -0.4 is 15.6 Å². The van der Waals surface area contributed by atoms with E-state index in [-0.39, 0.29) is 36.2 Å². The van der Waals surface area contributed by atoms with E-state index in [9.17, 15) is 14.9 Å². The molecule has 2 aromatic rings. The van der Waals surface area contributed by atoms with Gasteiger partial charge in [0.2, 0.25) is 0 Å². The third kappa shape index (κ3) is 4.16. The van der Waals surface area contributed by atoms with Gasteiger partial charge in [0.1, 0.15) is 5.69 Å². The van der Waals surface area contributed by atoms with Crippen LogP contribution in [0.1, 0.15) is 5.56 Å². The molecule has 0 atom stereocenters. The Morgan fingerprint density at radius 2 is 2.00 bits per heavy atom. The molecule has 3 N–H and O–H groups in total.